The van der Waals surface area contributed by atoms with Gasteiger partial charge in [0.1, 0.15) is 5.84 Å². The van der Waals surface area contributed by atoms with Gasteiger partial charge in [-0.1, -0.05) is 24.6 Å². The van der Waals surface area contributed by atoms with E-state index >= 15 is 0 Å². The summed E-state index contributed by atoms with van der Waals surface area (Å²) in [7, 11) is 0. The Labute approximate surface area is 117 Å². The predicted molar refractivity (Wildman–Crippen MR) is 81.2 cm³/mol. The number of hydrogen-bond donors (Lipinski definition) is 2. The summed E-state index contributed by atoms with van der Waals surface area (Å²) in [5.74, 6) is 1.16. The minimum atomic E-state index is 0.0434. The van der Waals surface area contributed by atoms with Gasteiger partial charge in [-0.15, -0.1) is 0 Å². The van der Waals surface area contributed by atoms with Crippen molar-refractivity contribution in [2.75, 3.05) is 23.7 Å². The maximum absolute atomic E-state index is 7.69. The molecule has 1 aliphatic rings. The van der Waals surface area contributed by atoms with Gasteiger partial charge in [0.15, 0.2) is 0 Å². The molecule has 98 valence electrons. The molecule has 1 aliphatic heterocycles. The van der Waals surface area contributed by atoms with Gasteiger partial charge in [-0.05, 0) is 18.6 Å². The Hall–Kier alpha value is -0.870. The van der Waals surface area contributed by atoms with E-state index in [0.717, 1.165) is 31.0 Å². The molecule has 2 rings (SSSR count). The van der Waals surface area contributed by atoms with Crippen molar-refractivity contribution >= 4 is 34.9 Å². The van der Waals surface area contributed by atoms with Crippen LogP contribution in [0.2, 0.25) is 5.02 Å². The largest absolute Gasteiger partial charge is 0.384 e. The van der Waals surface area contributed by atoms with Crippen LogP contribution in [0.5, 0.6) is 0 Å². The Morgan fingerprint density at radius 3 is 3.06 bits per heavy atom. The third kappa shape index (κ3) is 2.75. The molecule has 1 atom stereocenters. The average molecular weight is 284 g/mol. The SMILES string of the molecule is CCC1CN(c2cccc(Cl)c2C(=N)N)CCS1. The normalized spacial score (nSPS) is 19.9. The second kappa shape index (κ2) is 5.85. The number of amidine groups is 1. The molecule has 1 aromatic carbocycles. The number of rotatable bonds is 3. The fraction of sp³-hybridized carbons (Fsp3) is 0.462. The maximum atomic E-state index is 7.69. The molecule has 1 heterocycles. The first kappa shape index (κ1) is 13.6. The first-order valence-corrected chi connectivity index (χ1v) is 7.55. The Bertz CT molecular complexity index is 450. The smallest absolute Gasteiger partial charge is 0.126 e. The molecule has 0 saturated carbocycles. The Morgan fingerprint density at radius 1 is 1.61 bits per heavy atom. The van der Waals surface area contributed by atoms with Gasteiger partial charge >= 0.3 is 0 Å². The van der Waals surface area contributed by atoms with E-state index in [1.54, 1.807) is 6.07 Å². The van der Waals surface area contributed by atoms with E-state index in [-0.39, 0.29) is 5.84 Å². The third-order valence-corrected chi connectivity index (χ3v) is 4.88. The number of thioether (sulfide) groups is 1. The number of halogens is 1. The van der Waals surface area contributed by atoms with E-state index in [1.807, 2.05) is 23.9 Å². The minimum Gasteiger partial charge on any atom is -0.384 e. The van der Waals surface area contributed by atoms with Crippen molar-refractivity contribution in [2.24, 2.45) is 5.73 Å². The number of nitrogens with zero attached hydrogens (tertiary/aromatic N) is 1. The molecule has 3 N–H and O–H groups in total. The quantitative estimate of drug-likeness (QED) is 0.662. The van der Waals surface area contributed by atoms with E-state index < -0.39 is 0 Å². The minimum absolute atomic E-state index is 0.0434. The van der Waals surface area contributed by atoms with Crippen molar-refractivity contribution in [1.82, 2.24) is 0 Å². The molecule has 0 amide bonds. The third-order valence-electron chi connectivity index (χ3n) is 3.20. The number of nitrogens with one attached hydrogen (secondary N) is 1. The molecular weight excluding hydrogens is 266 g/mol. The lowest BCUT2D eigenvalue weighted by atomic mass is 10.1. The van der Waals surface area contributed by atoms with Gasteiger partial charge in [0.05, 0.1) is 10.6 Å². The van der Waals surface area contributed by atoms with Crippen molar-refractivity contribution < 1.29 is 0 Å². The first-order chi connectivity index (χ1) is 8.63. The first-order valence-electron chi connectivity index (χ1n) is 6.13. The Balaban J connectivity index is 2.32. The van der Waals surface area contributed by atoms with Gasteiger partial charge in [-0.2, -0.15) is 11.8 Å². The van der Waals surface area contributed by atoms with E-state index in [4.69, 9.17) is 22.7 Å². The lowest BCUT2D eigenvalue weighted by Crippen LogP contribution is -2.38. The molecule has 1 unspecified atom stereocenters. The summed E-state index contributed by atoms with van der Waals surface area (Å²) in [5.41, 5.74) is 7.32. The molecule has 5 heteroatoms. The van der Waals surface area contributed by atoms with Crippen LogP contribution in [0.1, 0.15) is 18.9 Å². The number of hydrogen-bond acceptors (Lipinski definition) is 3. The molecule has 0 aliphatic carbocycles. The zero-order valence-electron chi connectivity index (χ0n) is 10.4. The zero-order valence-corrected chi connectivity index (χ0v) is 12.0. The maximum Gasteiger partial charge on any atom is 0.126 e. The highest BCUT2D eigenvalue weighted by Gasteiger charge is 2.22. The van der Waals surface area contributed by atoms with Crippen molar-refractivity contribution in [1.29, 1.82) is 5.41 Å². The summed E-state index contributed by atoms with van der Waals surface area (Å²) in [6.07, 6.45) is 1.16. The molecule has 1 saturated heterocycles. The fourth-order valence-corrected chi connectivity index (χ4v) is 3.68. The van der Waals surface area contributed by atoms with Gasteiger partial charge in [-0.3, -0.25) is 5.41 Å². The van der Waals surface area contributed by atoms with Crippen molar-refractivity contribution in [3.63, 3.8) is 0 Å². The van der Waals surface area contributed by atoms with Crippen LogP contribution in [-0.4, -0.2) is 29.9 Å². The summed E-state index contributed by atoms with van der Waals surface area (Å²) >= 11 is 8.18. The number of nitrogen functional groups attached to an aromatic ring is 1. The fourth-order valence-electron chi connectivity index (χ4n) is 2.23. The summed E-state index contributed by atoms with van der Waals surface area (Å²) < 4.78 is 0. The van der Waals surface area contributed by atoms with Crippen LogP contribution >= 0.6 is 23.4 Å². The van der Waals surface area contributed by atoms with Crippen molar-refractivity contribution in [3.05, 3.63) is 28.8 Å². The summed E-state index contributed by atoms with van der Waals surface area (Å²) in [4.78, 5) is 2.30. The molecule has 0 aromatic heterocycles. The van der Waals surface area contributed by atoms with Crippen LogP contribution in [-0.2, 0) is 0 Å². The topological polar surface area (TPSA) is 53.1 Å². The van der Waals surface area contributed by atoms with E-state index in [9.17, 15) is 0 Å². The van der Waals surface area contributed by atoms with Gasteiger partial charge in [-0.25, -0.2) is 0 Å². The highest BCUT2D eigenvalue weighted by atomic mass is 35.5. The lowest BCUT2D eigenvalue weighted by molar-refractivity contribution is 0.728. The van der Waals surface area contributed by atoms with E-state index in [2.05, 4.69) is 11.8 Å². The van der Waals surface area contributed by atoms with Crippen molar-refractivity contribution in [3.8, 4) is 0 Å². The average Bonchev–Trinajstić information content (AvgIpc) is 2.38. The van der Waals surface area contributed by atoms with Gasteiger partial charge in [0, 0.05) is 29.8 Å². The molecule has 3 nitrogen and oxygen atoms in total. The molecule has 1 aromatic rings. The van der Waals surface area contributed by atoms with Gasteiger partial charge < -0.3 is 10.6 Å². The van der Waals surface area contributed by atoms with E-state index in [1.165, 1.54) is 0 Å². The molecule has 18 heavy (non-hydrogen) atoms. The van der Waals surface area contributed by atoms with Crippen LogP contribution < -0.4 is 10.6 Å². The van der Waals surface area contributed by atoms with Crippen molar-refractivity contribution in [2.45, 2.75) is 18.6 Å². The standard InChI is InChI=1S/C13H18ClN3S/c1-2-9-8-17(6-7-18-9)11-5-3-4-10(14)12(11)13(15)16/h3-5,9H,2,6-8H2,1H3,(H3,15,16). The number of benzene rings is 1. The van der Waals surface area contributed by atoms with E-state index in [0.29, 0.717) is 15.8 Å². The summed E-state index contributed by atoms with van der Waals surface area (Å²) in [5, 5.41) is 8.90. The molecule has 0 spiro atoms. The molecule has 0 radical (unpaired) electrons. The lowest BCUT2D eigenvalue weighted by Gasteiger charge is -2.35. The predicted octanol–water partition coefficient (Wildman–Crippen LogP) is 2.96. The van der Waals surface area contributed by atoms with Crippen LogP contribution in [0.25, 0.3) is 0 Å². The monoisotopic (exact) mass is 283 g/mol. The zero-order chi connectivity index (χ0) is 13.1. The number of nitrogens with two attached hydrogens (primary N) is 1. The molecule has 0 bridgehead atoms. The van der Waals surface area contributed by atoms with Crippen LogP contribution in [0.4, 0.5) is 5.69 Å². The van der Waals surface area contributed by atoms with Gasteiger partial charge in [0.25, 0.3) is 0 Å². The summed E-state index contributed by atoms with van der Waals surface area (Å²) in [6, 6.07) is 5.72. The second-order valence-electron chi connectivity index (χ2n) is 4.39. The highest BCUT2D eigenvalue weighted by molar-refractivity contribution is 8.00. The number of anilines is 1. The van der Waals surface area contributed by atoms with Crippen LogP contribution in [0.3, 0.4) is 0 Å². The van der Waals surface area contributed by atoms with Crippen LogP contribution in [0, 0.1) is 5.41 Å². The Kier molecular flexibility index (Phi) is 4.40. The molecular formula is C13H18ClN3S. The highest BCUT2D eigenvalue weighted by Crippen LogP contribution is 2.31. The Morgan fingerprint density at radius 2 is 2.39 bits per heavy atom. The molecule has 1 fully saturated rings. The van der Waals surface area contributed by atoms with Gasteiger partial charge in [0.2, 0.25) is 0 Å². The summed E-state index contributed by atoms with van der Waals surface area (Å²) in [6.45, 7) is 4.20. The second-order valence-corrected chi connectivity index (χ2v) is 6.21. The van der Waals surface area contributed by atoms with Crippen LogP contribution in [0.15, 0.2) is 18.2 Å².